The molecule has 0 spiro atoms. The largest absolute Gasteiger partial charge is 0.123 e. The molecule has 0 N–H and O–H groups in total. The van der Waals surface area contributed by atoms with Gasteiger partial charge in [-0.2, -0.15) is 0 Å². The van der Waals surface area contributed by atoms with Crippen LogP contribution in [0.3, 0.4) is 0 Å². The molecule has 0 saturated heterocycles. The van der Waals surface area contributed by atoms with Gasteiger partial charge in [0.1, 0.15) is 0 Å². The summed E-state index contributed by atoms with van der Waals surface area (Å²) in [7, 11) is 0. The summed E-state index contributed by atoms with van der Waals surface area (Å²) in [6.07, 6.45) is 6.08. The Balaban J connectivity index is 2.46. The lowest BCUT2D eigenvalue weighted by Crippen LogP contribution is -2.01. The summed E-state index contributed by atoms with van der Waals surface area (Å²) < 4.78 is 0. The minimum Gasteiger partial charge on any atom is -0.123 e. The molecule has 0 heterocycles. The first-order chi connectivity index (χ1) is 6.86. The van der Waals surface area contributed by atoms with Gasteiger partial charge in [0.05, 0.1) is 0 Å². The van der Waals surface area contributed by atoms with Crippen LogP contribution in [0.1, 0.15) is 33.1 Å². The van der Waals surface area contributed by atoms with E-state index < -0.39 is 0 Å². The Morgan fingerprint density at radius 1 is 1.29 bits per heavy atom. The molecular formula is C13H19S. The van der Waals surface area contributed by atoms with Crippen molar-refractivity contribution in [2.75, 3.05) is 0 Å². The van der Waals surface area contributed by atoms with Crippen LogP contribution in [-0.2, 0) is 0 Å². The van der Waals surface area contributed by atoms with Crippen molar-refractivity contribution < 1.29 is 0 Å². The molecule has 1 atom stereocenters. The normalized spacial score (nSPS) is 10.8. The van der Waals surface area contributed by atoms with Gasteiger partial charge in [-0.05, 0) is 31.4 Å². The molecule has 77 valence electrons. The van der Waals surface area contributed by atoms with E-state index in [2.05, 4.69) is 50.6 Å². The molecule has 1 rings (SSSR count). The van der Waals surface area contributed by atoms with E-state index in [0.717, 1.165) is 5.25 Å². The van der Waals surface area contributed by atoms with Crippen molar-refractivity contribution in [2.45, 2.75) is 43.3 Å². The molecule has 1 unspecified atom stereocenters. The Hall–Kier alpha value is -0.430. The fourth-order valence-corrected chi connectivity index (χ4v) is 2.84. The fourth-order valence-electron chi connectivity index (χ4n) is 1.50. The number of hydrogen-bond acceptors (Lipinski definition) is 1. The predicted octanol–water partition coefficient (Wildman–Crippen LogP) is 4.56. The van der Waals surface area contributed by atoms with Gasteiger partial charge in [-0.1, -0.05) is 38.5 Å². The lowest BCUT2D eigenvalue weighted by Gasteiger charge is -2.14. The van der Waals surface area contributed by atoms with Gasteiger partial charge >= 0.3 is 0 Å². The van der Waals surface area contributed by atoms with Crippen LogP contribution in [0.5, 0.6) is 0 Å². The zero-order valence-corrected chi connectivity index (χ0v) is 9.89. The summed E-state index contributed by atoms with van der Waals surface area (Å²) >= 11 is 2.01. The molecule has 14 heavy (non-hydrogen) atoms. The van der Waals surface area contributed by atoms with E-state index in [-0.39, 0.29) is 0 Å². The van der Waals surface area contributed by atoms with Gasteiger partial charge in [-0.3, -0.25) is 0 Å². The van der Waals surface area contributed by atoms with Gasteiger partial charge in [-0.15, -0.1) is 11.8 Å². The van der Waals surface area contributed by atoms with E-state index in [1.54, 1.807) is 0 Å². The molecule has 1 heteroatoms. The number of thioether (sulfide) groups is 1. The molecule has 0 bridgehead atoms. The third-order valence-corrected chi connectivity index (χ3v) is 3.46. The highest BCUT2D eigenvalue weighted by Crippen LogP contribution is 2.28. The molecule has 0 aliphatic heterocycles. The first-order valence-corrected chi connectivity index (χ1v) is 6.24. The molecule has 0 saturated carbocycles. The van der Waals surface area contributed by atoms with Crippen LogP contribution in [-0.4, -0.2) is 5.25 Å². The summed E-state index contributed by atoms with van der Waals surface area (Å²) in [5, 5.41) is 0.757. The van der Waals surface area contributed by atoms with Gasteiger partial charge in [-0.25, -0.2) is 0 Å². The molecule has 0 aliphatic rings. The predicted molar refractivity (Wildman–Crippen MR) is 65.6 cm³/mol. The van der Waals surface area contributed by atoms with E-state index in [9.17, 15) is 0 Å². The highest BCUT2D eigenvalue weighted by atomic mass is 32.2. The van der Waals surface area contributed by atoms with E-state index in [4.69, 9.17) is 0 Å². The quantitative estimate of drug-likeness (QED) is 0.616. The zero-order chi connectivity index (χ0) is 10.2. The Morgan fingerprint density at radius 3 is 2.57 bits per heavy atom. The van der Waals surface area contributed by atoms with Gasteiger partial charge < -0.3 is 0 Å². The number of hydrogen-bond donors (Lipinski definition) is 0. The molecule has 1 aromatic carbocycles. The summed E-state index contributed by atoms with van der Waals surface area (Å²) in [6.45, 7) is 4.41. The average molecular weight is 207 g/mol. The topological polar surface area (TPSA) is 0 Å². The first kappa shape index (κ1) is 11.6. The van der Waals surface area contributed by atoms with Crippen LogP contribution in [0.25, 0.3) is 0 Å². The van der Waals surface area contributed by atoms with Crippen molar-refractivity contribution in [1.82, 2.24) is 0 Å². The minimum absolute atomic E-state index is 0.757. The second-order valence-corrected chi connectivity index (χ2v) is 4.86. The van der Waals surface area contributed by atoms with Gasteiger partial charge in [0.25, 0.3) is 0 Å². The molecule has 0 aliphatic carbocycles. The Bertz CT molecular complexity index is 224. The highest BCUT2D eigenvalue weighted by Gasteiger charge is 2.07. The van der Waals surface area contributed by atoms with Gasteiger partial charge in [0.15, 0.2) is 0 Å². The molecule has 0 amide bonds. The standard InChI is InChI=1S/C13H19S/c1-3-8-12(9-4-2)14-13-10-6-5-7-11-13/h3,5-7,10-12H,4,8-9H2,1-2H3. The van der Waals surface area contributed by atoms with Crippen molar-refractivity contribution >= 4 is 11.8 Å². The van der Waals surface area contributed by atoms with Crippen LogP contribution in [0.4, 0.5) is 0 Å². The second kappa shape index (κ2) is 6.94. The Labute approximate surface area is 92.1 Å². The maximum absolute atomic E-state index is 2.27. The SMILES string of the molecule is C[CH]CC(CCC)Sc1ccccc1. The smallest absolute Gasteiger partial charge is 0.00969 e. The number of benzene rings is 1. The summed E-state index contributed by atoms with van der Waals surface area (Å²) in [4.78, 5) is 1.40. The van der Waals surface area contributed by atoms with Gasteiger partial charge in [0, 0.05) is 10.1 Å². The van der Waals surface area contributed by atoms with Crippen LogP contribution in [0, 0.1) is 6.42 Å². The molecule has 0 nitrogen and oxygen atoms in total. The average Bonchev–Trinajstić information content (AvgIpc) is 2.20. The molecule has 1 radical (unpaired) electrons. The van der Waals surface area contributed by atoms with Crippen molar-refractivity contribution in [1.29, 1.82) is 0 Å². The monoisotopic (exact) mass is 207 g/mol. The third-order valence-electron chi connectivity index (χ3n) is 2.16. The third kappa shape index (κ3) is 4.19. The van der Waals surface area contributed by atoms with Crippen molar-refractivity contribution in [3.8, 4) is 0 Å². The zero-order valence-electron chi connectivity index (χ0n) is 9.07. The fraction of sp³-hybridized carbons (Fsp3) is 0.462. The number of rotatable bonds is 6. The lowest BCUT2D eigenvalue weighted by molar-refractivity contribution is 0.728. The molecule has 1 aromatic rings. The van der Waals surface area contributed by atoms with Crippen LogP contribution < -0.4 is 0 Å². The van der Waals surface area contributed by atoms with Gasteiger partial charge in [0.2, 0.25) is 0 Å². The lowest BCUT2D eigenvalue weighted by atomic mass is 10.2. The second-order valence-electron chi connectivity index (χ2n) is 3.49. The van der Waals surface area contributed by atoms with Crippen LogP contribution in [0.15, 0.2) is 35.2 Å². The minimum atomic E-state index is 0.757. The van der Waals surface area contributed by atoms with Crippen molar-refractivity contribution in [2.24, 2.45) is 0 Å². The molecule has 0 fully saturated rings. The maximum atomic E-state index is 2.27. The summed E-state index contributed by atoms with van der Waals surface area (Å²) in [5.74, 6) is 0. The Kier molecular flexibility index (Phi) is 5.77. The first-order valence-electron chi connectivity index (χ1n) is 5.36. The van der Waals surface area contributed by atoms with Crippen molar-refractivity contribution in [3.05, 3.63) is 36.8 Å². The van der Waals surface area contributed by atoms with E-state index in [0.29, 0.717) is 0 Å². The Morgan fingerprint density at radius 2 is 2.00 bits per heavy atom. The van der Waals surface area contributed by atoms with E-state index >= 15 is 0 Å². The van der Waals surface area contributed by atoms with E-state index in [1.165, 1.54) is 24.2 Å². The van der Waals surface area contributed by atoms with Crippen LogP contribution in [0.2, 0.25) is 0 Å². The molecular weight excluding hydrogens is 188 g/mol. The summed E-state index contributed by atoms with van der Waals surface area (Å²) in [5.41, 5.74) is 0. The van der Waals surface area contributed by atoms with E-state index in [1.807, 2.05) is 11.8 Å². The maximum Gasteiger partial charge on any atom is 0.00969 e. The van der Waals surface area contributed by atoms with Crippen molar-refractivity contribution in [3.63, 3.8) is 0 Å². The highest BCUT2D eigenvalue weighted by molar-refractivity contribution is 8.00. The van der Waals surface area contributed by atoms with Crippen LogP contribution >= 0.6 is 11.8 Å². The summed E-state index contributed by atoms with van der Waals surface area (Å²) in [6, 6.07) is 10.7. The molecule has 0 aromatic heterocycles.